The van der Waals surface area contributed by atoms with Gasteiger partial charge in [0.2, 0.25) is 5.89 Å². The molecule has 1 fully saturated rings. The van der Waals surface area contributed by atoms with E-state index in [0.29, 0.717) is 39.8 Å². The Morgan fingerprint density at radius 2 is 2.09 bits per heavy atom. The highest BCUT2D eigenvalue weighted by Gasteiger charge is 2.29. The summed E-state index contributed by atoms with van der Waals surface area (Å²) in [6, 6.07) is 5.44. The molecule has 124 valence electrons. The monoisotopic (exact) mass is 392 g/mol. The minimum Gasteiger partial charge on any atom is -0.416 e. The number of sulfone groups is 1. The highest BCUT2D eigenvalue weighted by atomic mass is 35.5. The smallest absolute Gasteiger partial charge is 0.276 e. The van der Waals surface area contributed by atoms with Gasteiger partial charge in [0, 0.05) is 12.2 Å². The molecule has 0 aliphatic carbocycles. The first-order valence-corrected chi connectivity index (χ1v) is 10.6. The molecular formula is C14H14Cl2N2O3S2. The van der Waals surface area contributed by atoms with Crippen molar-refractivity contribution in [1.29, 1.82) is 0 Å². The van der Waals surface area contributed by atoms with E-state index in [1.165, 1.54) is 11.8 Å². The van der Waals surface area contributed by atoms with Crippen molar-refractivity contribution in [2.24, 2.45) is 5.92 Å². The van der Waals surface area contributed by atoms with Crippen LogP contribution in [-0.4, -0.2) is 30.1 Å². The summed E-state index contributed by atoms with van der Waals surface area (Å²) in [6.07, 6.45) is 1.18. The fraction of sp³-hybridized carbons (Fsp3) is 0.429. The molecule has 1 atom stereocenters. The second-order valence-electron chi connectivity index (χ2n) is 5.47. The molecule has 2 heterocycles. The third-order valence-electron chi connectivity index (χ3n) is 3.58. The summed E-state index contributed by atoms with van der Waals surface area (Å²) in [7, 11) is -2.88. The number of benzene rings is 1. The topological polar surface area (TPSA) is 73.1 Å². The van der Waals surface area contributed by atoms with Crippen LogP contribution in [0.25, 0.3) is 0 Å². The minimum atomic E-state index is -2.88. The van der Waals surface area contributed by atoms with Gasteiger partial charge in [0.05, 0.1) is 21.6 Å². The van der Waals surface area contributed by atoms with Crippen LogP contribution in [0.15, 0.2) is 27.8 Å². The molecule has 1 aliphatic rings. The number of hydrogen-bond donors (Lipinski definition) is 0. The molecule has 1 aliphatic heterocycles. The molecule has 5 nitrogen and oxygen atoms in total. The lowest BCUT2D eigenvalue weighted by Crippen LogP contribution is -2.07. The molecule has 0 amide bonds. The Morgan fingerprint density at radius 1 is 1.26 bits per heavy atom. The van der Waals surface area contributed by atoms with Crippen LogP contribution >= 0.6 is 35.0 Å². The molecule has 0 spiro atoms. The maximum Gasteiger partial charge on any atom is 0.276 e. The van der Waals surface area contributed by atoms with Crippen molar-refractivity contribution in [2.75, 3.05) is 11.5 Å². The van der Waals surface area contributed by atoms with Gasteiger partial charge in [-0.25, -0.2) is 8.42 Å². The molecule has 2 aromatic rings. The van der Waals surface area contributed by atoms with E-state index in [1.807, 2.05) is 6.07 Å². The van der Waals surface area contributed by atoms with E-state index >= 15 is 0 Å². The Balaban J connectivity index is 1.56. The molecule has 23 heavy (non-hydrogen) atoms. The molecule has 0 bridgehead atoms. The van der Waals surface area contributed by atoms with Gasteiger partial charge in [-0.2, -0.15) is 0 Å². The SMILES string of the molecule is O=S1(=O)CC[C@H](Cc2nnc(SCc3ccc(Cl)c(Cl)c3)o2)C1. The zero-order valence-electron chi connectivity index (χ0n) is 12.0. The van der Waals surface area contributed by atoms with E-state index in [4.69, 9.17) is 27.6 Å². The second-order valence-corrected chi connectivity index (χ2v) is 9.44. The third-order valence-corrected chi connectivity index (χ3v) is 7.05. The molecule has 1 saturated heterocycles. The predicted octanol–water partition coefficient (Wildman–Crippen LogP) is 3.65. The Hall–Kier alpha value is -0.760. The highest BCUT2D eigenvalue weighted by molar-refractivity contribution is 7.98. The van der Waals surface area contributed by atoms with Crippen molar-refractivity contribution in [2.45, 2.75) is 23.8 Å². The second kappa shape index (κ2) is 7.01. The first kappa shape index (κ1) is 17.1. The van der Waals surface area contributed by atoms with Gasteiger partial charge in [-0.05, 0) is 30.0 Å². The Morgan fingerprint density at radius 3 is 2.78 bits per heavy atom. The number of rotatable bonds is 5. The van der Waals surface area contributed by atoms with Gasteiger partial charge in [-0.1, -0.05) is 41.0 Å². The van der Waals surface area contributed by atoms with Gasteiger partial charge in [0.15, 0.2) is 9.84 Å². The van der Waals surface area contributed by atoms with E-state index in [1.54, 1.807) is 12.1 Å². The van der Waals surface area contributed by atoms with E-state index in [9.17, 15) is 8.42 Å². The zero-order valence-corrected chi connectivity index (χ0v) is 15.2. The van der Waals surface area contributed by atoms with Gasteiger partial charge in [-0.15, -0.1) is 10.2 Å². The summed E-state index contributed by atoms with van der Waals surface area (Å²) in [5.41, 5.74) is 1.01. The number of halogens is 2. The Kier molecular flexibility index (Phi) is 5.20. The largest absolute Gasteiger partial charge is 0.416 e. The zero-order chi connectivity index (χ0) is 16.4. The first-order valence-electron chi connectivity index (χ1n) is 7.01. The van der Waals surface area contributed by atoms with Gasteiger partial charge < -0.3 is 4.42 Å². The summed E-state index contributed by atoms with van der Waals surface area (Å²) in [5, 5.41) is 9.48. The normalized spacial score (nSPS) is 20.0. The summed E-state index contributed by atoms with van der Waals surface area (Å²) in [5.74, 6) is 1.67. The van der Waals surface area contributed by atoms with Gasteiger partial charge in [-0.3, -0.25) is 0 Å². The van der Waals surface area contributed by atoms with Crippen molar-refractivity contribution in [1.82, 2.24) is 10.2 Å². The lowest BCUT2D eigenvalue weighted by atomic mass is 10.1. The van der Waals surface area contributed by atoms with Crippen LogP contribution in [-0.2, 0) is 22.0 Å². The van der Waals surface area contributed by atoms with Crippen molar-refractivity contribution in [3.05, 3.63) is 39.7 Å². The fourth-order valence-electron chi connectivity index (χ4n) is 2.43. The van der Waals surface area contributed by atoms with Crippen LogP contribution in [0.4, 0.5) is 0 Å². The highest BCUT2D eigenvalue weighted by Crippen LogP contribution is 2.28. The van der Waals surface area contributed by atoms with Crippen molar-refractivity contribution >= 4 is 44.8 Å². The van der Waals surface area contributed by atoms with Crippen LogP contribution in [0.5, 0.6) is 0 Å². The summed E-state index contributed by atoms with van der Waals surface area (Å²) < 4.78 is 28.5. The lowest BCUT2D eigenvalue weighted by molar-refractivity contribution is 0.389. The van der Waals surface area contributed by atoms with Crippen molar-refractivity contribution < 1.29 is 12.8 Å². The van der Waals surface area contributed by atoms with Gasteiger partial charge in [0.25, 0.3) is 5.22 Å². The number of nitrogens with zero attached hydrogens (tertiary/aromatic N) is 2. The van der Waals surface area contributed by atoms with E-state index in [2.05, 4.69) is 10.2 Å². The molecule has 0 N–H and O–H groups in total. The van der Waals surface area contributed by atoms with E-state index in [0.717, 1.165) is 5.56 Å². The van der Waals surface area contributed by atoms with Crippen LogP contribution < -0.4 is 0 Å². The van der Waals surface area contributed by atoms with E-state index in [-0.39, 0.29) is 17.4 Å². The molecule has 0 unspecified atom stereocenters. The number of thioether (sulfide) groups is 1. The minimum absolute atomic E-state index is 0.0772. The van der Waals surface area contributed by atoms with Crippen LogP contribution in [0, 0.1) is 5.92 Å². The molecule has 0 saturated carbocycles. The predicted molar refractivity (Wildman–Crippen MR) is 90.8 cm³/mol. The Labute approximate surface area is 148 Å². The molecular weight excluding hydrogens is 379 g/mol. The maximum atomic E-state index is 11.5. The lowest BCUT2D eigenvalue weighted by Gasteiger charge is -2.02. The van der Waals surface area contributed by atoms with Crippen molar-refractivity contribution in [3.63, 3.8) is 0 Å². The molecule has 0 radical (unpaired) electrons. The molecule has 9 heteroatoms. The standard InChI is InChI=1S/C14H14Cl2N2O3S2/c15-11-2-1-9(5-12(11)16)7-22-14-18-17-13(21-14)6-10-3-4-23(19,20)8-10/h1-2,5,10H,3-4,6-8H2/t10-/m1/s1. The van der Waals surface area contributed by atoms with Crippen LogP contribution in [0.2, 0.25) is 10.0 Å². The number of hydrogen-bond acceptors (Lipinski definition) is 6. The van der Waals surface area contributed by atoms with E-state index < -0.39 is 9.84 Å². The first-order chi connectivity index (χ1) is 10.9. The Bertz CT molecular complexity index is 808. The fourth-order valence-corrected chi connectivity index (χ4v) is 5.34. The summed E-state index contributed by atoms with van der Waals surface area (Å²) >= 11 is 13.3. The quantitative estimate of drug-likeness (QED) is 0.722. The third kappa shape index (κ3) is 4.62. The van der Waals surface area contributed by atoms with Gasteiger partial charge >= 0.3 is 0 Å². The van der Waals surface area contributed by atoms with Gasteiger partial charge in [0.1, 0.15) is 0 Å². The maximum absolute atomic E-state index is 11.5. The molecule has 1 aromatic carbocycles. The van der Waals surface area contributed by atoms with Crippen LogP contribution in [0.3, 0.4) is 0 Å². The van der Waals surface area contributed by atoms with Crippen LogP contribution in [0.1, 0.15) is 17.9 Å². The molecule has 1 aromatic heterocycles. The average Bonchev–Trinajstić information content (AvgIpc) is 3.07. The van der Waals surface area contributed by atoms with Crippen molar-refractivity contribution in [3.8, 4) is 0 Å². The average molecular weight is 393 g/mol. The molecule has 3 rings (SSSR count). The number of aromatic nitrogens is 2. The summed E-state index contributed by atoms with van der Waals surface area (Å²) in [4.78, 5) is 0. The summed E-state index contributed by atoms with van der Waals surface area (Å²) in [6.45, 7) is 0.